The first-order valence-corrected chi connectivity index (χ1v) is 7.66. The van der Waals surface area contributed by atoms with Gasteiger partial charge in [0, 0.05) is 24.8 Å². The molecule has 1 aliphatic rings. The molecule has 5 heteroatoms. The molecule has 0 unspecified atom stereocenters. The van der Waals surface area contributed by atoms with E-state index in [2.05, 4.69) is 10.2 Å². The minimum absolute atomic E-state index is 0.0316. The standard InChI is InChI=1S/C16H25N3O2/c17-11-13-5-7-14(8-6-13)18-16(21)12-19(9-10-20)15-3-1-2-4-15/h5-8,15,20H,1-4,9-12,17H2,(H,18,21). The Morgan fingerprint density at radius 3 is 2.52 bits per heavy atom. The molecule has 1 saturated carbocycles. The molecule has 0 heterocycles. The molecule has 1 amide bonds. The van der Waals surface area contributed by atoms with Crippen LogP contribution in [0.15, 0.2) is 24.3 Å². The number of hydrogen-bond acceptors (Lipinski definition) is 4. The normalized spacial score (nSPS) is 15.6. The number of aliphatic hydroxyl groups is 1. The summed E-state index contributed by atoms with van der Waals surface area (Å²) < 4.78 is 0. The van der Waals surface area contributed by atoms with Crippen molar-refractivity contribution in [1.82, 2.24) is 4.90 Å². The number of benzene rings is 1. The van der Waals surface area contributed by atoms with Crippen molar-refractivity contribution in [2.75, 3.05) is 25.0 Å². The van der Waals surface area contributed by atoms with Gasteiger partial charge >= 0.3 is 0 Å². The van der Waals surface area contributed by atoms with Gasteiger partial charge in [0.1, 0.15) is 0 Å². The lowest BCUT2D eigenvalue weighted by Crippen LogP contribution is -2.41. The van der Waals surface area contributed by atoms with Gasteiger partial charge in [0.05, 0.1) is 13.2 Å². The predicted molar refractivity (Wildman–Crippen MR) is 83.9 cm³/mol. The van der Waals surface area contributed by atoms with E-state index in [4.69, 9.17) is 5.73 Å². The van der Waals surface area contributed by atoms with Crippen LogP contribution in [0.25, 0.3) is 0 Å². The molecular weight excluding hydrogens is 266 g/mol. The average molecular weight is 291 g/mol. The number of rotatable bonds is 7. The number of nitrogens with one attached hydrogen (secondary N) is 1. The van der Waals surface area contributed by atoms with Crippen molar-refractivity contribution < 1.29 is 9.90 Å². The molecule has 0 radical (unpaired) electrons. The lowest BCUT2D eigenvalue weighted by molar-refractivity contribution is -0.118. The SMILES string of the molecule is NCc1ccc(NC(=O)CN(CCO)C2CCCC2)cc1. The Labute approximate surface area is 126 Å². The van der Waals surface area contributed by atoms with Gasteiger partial charge in [0.2, 0.25) is 5.91 Å². The fourth-order valence-electron chi connectivity index (χ4n) is 2.90. The van der Waals surface area contributed by atoms with Crippen LogP contribution in [0, 0.1) is 0 Å². The number of carbonyl (C=O) groups excluding carboxylic acids is 1. The van der Waals surface area contributed by atoms with Crippen molar-refractivity contribution in [3.8, 4) is 0 Å². The Morgan fingerprint density at radius 1 is 1.29 bits per heavy atom. The Hall–Kier alpha value is -1.43. The van der Waals surface area contributed by atoms with Gasteiger partial charge in [-0.25, -0.2) is 0 Å². The van der Waals surface area contributed by atoms with E-state index < -0.39 is 0 Å². The fraction of sp³-hybridized carbons (Fsp3) is 0.562. The third kappa shape index (κ3) is 4.81. The summed E-state index contributed by atoms with van der Waals surface area (Å²) in [5.74, 6) is -0.0316. The van der Waals surface area contributed by atoms with Crippen molar-refractivity contribution >= 4 is 11.6 Å². The highest BCUT2D eigenvalue weighted by Gasteiger charge is 2.23. The first kappa shape index (κ1) is 15.9. The van der Waals surface area contributed by atoms with E-state index in [-0.39, 0.29) is 12.5 Å². The molecule has 0 saturated heterocycles. The first-order valence-electron chi connectivity index (χ1n) is 7.66. The number of amides is 1. The van der Waals surface area contributed by atoms with Gasteiger partial charge in [-0.3, -0.25) is 9.69 Å². The maximum Gasteiger partial charge on any atom is 0.238 e. The van der Waals surface area contributed by atoms with Crippen LogP contribution in [0.1, 0.15) is 31.2 Å². The van der Waals surface area contributed by atoms with E-state index in [1.165, 1.54) is 12.8 Å². The lowest BCUT2D eigenvalue weighted by atomic mass is 10.2. The first-order chi connectivity index (χ1) is 10.2. The second-order valence-corrected chi connectivity index (χ2v) is 5.58. The lowest BCUT2D eigenvalue weighted by Gasteiger charge is -2.27. The largest absolute Gasteiger partial charge is 0.395 e. The highest BCUT2D eigenvalue weighted by molar-refractivity contribution is 5.92. The molecule has 4 N–H and O–H groups in total. The second kappa shape index (κ2) is 8.12. The van der Waals surface area contributed by atoms with E-state index in [9.17, 15) is 9.90 Å². The van der Waals surface area contributed by atoms with Crippen LogP contribution >= 0.6 is 0 Å². The van der Waals surface area contributed by atoms with Crippen LogP contribution in [-0.2, 0) is 11.3 Å². The Bertz CT molecular complexity index is 441. The summed E-state index contributed by atoms with van der Waals surface area (Å²) in [6, 6.07) is 8.00. The molecule has 21 heavy (non-hydrogen) atoms. The molecule has 0 atom stereocenters. The van der Waals surface area contributed by atoms with Crippen LogP contribution < -0.4 is 11.1 Å². The van der Waals surface area contributed by atoms with Crippen molar-refractivity contribution in [2.24, 2.45) is 5.73 Å². The molecule has 0 aliphatic heterocycles. The Morgan fingerprint density at radius 2 is 1.95 bits per heavy atom. The van der Waals surface area contributed by atoms with Gasteiger partial charge < -0.3 is 16.2 Å². The average Bonchev–Trinajstić information content (AvgIpc) is 3.02. The zero-order chi connectivity index (χ0) is 15.1. The topological polar surface area (TPSA) is 78.6 Å². The van der Waals surface area contributed by atoms with Crippen LogP contribution in [-0.4, -0.2) is 41.7 Å². The Kier molecular flexibility index (Phi) is 6.17. The van der Waals surface area contributed by atoms with Crippen LogP contribution in [0.5, 0.6) is 0 Å². The zero-order valence-corrected chi connectivity index (χ0v) is 12.4. The van der Waals surface area contributed by atoms with Gasteiger partial charge in [0.25, 0.3) is 0 Å². The molecule has 1 aromatic carbocycles. The minimum Gasteiger partial charge on any atom is -0.395 e. The molecule has 5 nitrogen and oxygen atoms in total. The van der Waals surface area contributed by atoms with Gasteiger partial charge in [-0.2, -0.15) is 0 Å². The maximum atomic E-state index is 12.1. The summed E-state index contributed by atoms with van der Waals surface area (Å²) in [7, 11) is 0. The van der Waals surface area contributed by atoms with Gasteiger partial charge in [-0.1, -0.05) is 25.0 Å². The van der Waals surface area contributed by atoms with Crippen LogP contribution in [0.3, 0.4) is 0 Å². The summed E-state index contributed by atoms with van der Waals surface area (Å²) in [5, 5.41) is 12.1. The summed E-state index contributed by atoms with van der Waals surface area (Å²) in [6.07, 6.45) is 4.68. The molecule has 116 valence electrons. The number of aliphatic hydroxyl groups excluding tert-OH is 1. The fourth-order valence-corrected chi connectivity index (χ4v) is 2.90. The predicted octanol–water partition coefficient (Wildman–Crippen LogP) is 1.32. The number of nitrogens with two attached hydrogens (primary N) is 1. The van der Waals surface area contributed by atoms with Crippen LogP contribution in [0.4, 0.5) is 5.69 Å². The van der Waals surface area contributed by atoms with E-state index in [1.807, 2.05) is 24.3 Å². The molecule has 1 fully saturated rings. The van der Waals surface area contributed by atoms with E-state index in [0.717, 1.165) is 24.1 Å². The summed E-state index contributed by atoms with van der Waals surface area (Å²) in [5.41, 5.74) is 7.38. The highest BCUT2D eigenvalue weighted by Crippen LogP contribution is 2.23. The van der Waals surface area contributed by atoms with E-state index >= 15 is 0 Å². The van der Waals surface area contributed by atoms with Gasteiger partial charge in [-0.05, 0) is 30.5 Å². The quantitative estimate of drug-likeness (QED) is 0.708. The van der Waals surface area contributed by atoms with Crippen molar-refractivity contribution in [3.63, 3.8) is 0 Å². The molecule has 0 aromatic heterocycles. The van der Waals surface area contributed by atoms with Crippen molar-refractivity contribution in [3.05, 3.63) is 29.8 Å². The zero-order valence-electron chi connectivity index (χ0n) is 12.4. The van der Waals surface area contributed by atoms with E-state index in [0.29, 0.717) is 25.7 Å². The molecular formula is C16H25N3O2. The molecule has 2 rings (SSSR count). The summed E-state index contributed by atoms with van der Waals surface area (Å²) >= 11 is 0. The third-order valence-electron chi connectivity index (χ3n) is 4.05. The number of hydrogen-bond donors (Lipinski definition) is 3. The van der Waals surface area contributed by atoms with Gasteiger partial charge in [-0.15, -0.1) is 0 Å². The molecule has 0 spiro atoms. The van der Waals surface area contributed by atoms with Crippen molar-refractivity contribution in [2.45, 2.75) is 38.3 Å². The molecule has 1 aromatic rings. The second-order valence-electron chi connectivity index (χ2n) is 5.58. The molecule has 1 aliphatic carbocycles. The summed E-state index contributed by atoms with van der Waals surface area (Å²) in [6.45, 7) is 1.49. The van der Waals surface area contributed by atoms with Crippen molar-refractivity contribution in [1.29, 1.82) is 0 Å². The van der Waals surface area contributed by atoms with Crippen LogP contribution in [0.2, 0.25) is 0 Å². The number of carbonyl (C=O) groups is 1. The monoisotopic (exact) mass is 291 g/mol. The van der Waals surface area contributed by atoms with E-state index in [1.54, 1.807) is 0 Å². The minimum atomic E-state index is -0.0316. The maximum absolute atomic E-state index is 12.1. The third-order valence-corrected chi connectivity index (χ3v) is 4.05. The highest BCUT2D eigenvalue weighted by atomic mass is 16.3. The van der Waals surface area contributed by atoms with Gasteiger partial charge in [0.15, 0.2) is 0 Å². The summed E-state index contributed by atoms with van der Waals surface area (Å²) in [4.78, 5) is 14.2. The molecule has 0 bridgehead atoms. The number of anilines is 1. The smallest absolute Gasteiger partial charge is 0.238 e. The Balaban J connectivity index is 1.88. The number of nitrogens with zero attached hydrogens (tertiary/aromatic N) is 1.